The summed E-state index contributed by atoms with van der Waals surface area (Å²) < 4.78 is 0. The van der Waals surface area contributed by atoms with Gasteiger partial charge in [0.1, 0.15) is 0 Å². The maximum atomic E-state index is 2.54. The summed E-state index contributed by atoms with van der Waals surface area (Å²) in [6.45, 7) is 0. The highest BCUT2D eigenvalue weighted by Gasteiger charge is 2.50. The van der Waals surface area contributed by atoms with E-state index in [1.54, 1.807) is 0 Å². The molecule has 0 aliphatic carbocycles. The van der Waals surface area contributed by atoms with Gasteiger partial charge in [0, 0.05) is 22.3 Å². The van der Waals surface area contributed by atoms with Crippen LogP contribution in [0.1, 0.15) is 0 Å². The molecule has 0 saturated carbocycles. The van der Waals surface area contributed by atoms with Crippen LogP contribution >= 0.6 is 0 Å². The predicted octanol–water partition coefficient (Wildman–Crippen LogP) is 12.2. The summed E-state index contributed by atoms with van der Waals surface area (Å²) in [6, 6.07) is 87.8. The molecule has 10 aromatic carbocycles. The van der Waals surface area contributed by atoms with Gasteiger partial charge in [-0.1, -0.05) is 206 Å². The number of hydrogen-bond donors (Lipinski definition) is 0. The van der Waals surface area contributed by atoms with Gasteiger partial charge in [-0.3, -0.25) is 0 Å². The molecule has 0 fully saturated rings. The Labute approximate surface area is 340 Å². The summed E-state index contributed by atoms with van der Waals surface area (Å²) in [6.07, 6.45) is 0. The highest BCUT2D eigenvalue weighted by atomic mass is 28.3. The van der Waals surface area contributed by atoms with Gasteiger partial charge in [-0.15, -0.1) is 0 Å². The van der Waals surface area contributed by atoms with E-state index in [-0.39, 0.29) is 0 Å². The van der Waals surface area contributed by atoms with E-state index >= 15 is 0 Å². The molecule has 0 radical (unpaired) electrons. The Bertz CT molecular complexity index is 2950. The van der Waals surface area contributed by atoms with E-state index < -0.39 is 8.07 Å². The normalized spacial score (nSPS) is 12.6. The molecule has 0 saturated heterocycles. The zero-order valence-electron chi connectivity index (χ0n) is 32.0. The third kappa shape index (κ3) is 5.45. The van der Waals surface area contributed by atoms with Gasteiger partial charge in [0.25, 0.3) is 0 Å². The number of anilines is 3. The van der Waals surface area contributed by atoms with Crippen LogP contribution in [0.15, 0.2) is 237 Å². The minimum Gasteiger partial charge on any atom is -0.309 e. The van der Waals surface area contributed by atoms with Crippen LogP contribution in [-0.2, 0) is 0 Å². The Hall–Kier alpha value is -7.26. The molecule has 10 aromatic rings. The summed E-state index contributed by atoms with van der Waals surface area (Å²) in [7, 11) is -2.87. The first kappa shape index (κ1) is 34.0. The standard InChI is InChI=1S/C56H39NSi/c1-5-17-40(18-6-1)42-29-33-47(34-30-42)57(48-35-31-43(32-36-48)41-19-7-2-8-20-41)56-51-28-16-15-23-46(51)39-54-55(56)52-37-44-21-13-14-22-45(44)38-53(52)58(54,49-24-9-3-10-25-49)50-26-11-4-12-27-50/h1-39H. The van der Waals surface area contributed by atoms with Gasteiger partial charge in [-0.2, -0.15) is 0 Å². The van der Waals surface area contributed by atoms with E-state index in [9.17, 15) is 0 Å². The predicted molar refractivity (Wildman–Crippen MR) is 250 cm³/mol. The number of rotatable bonds is 7. The molecule has 58 heavy (non-hydrogen) atoms. The summed E-state index contributed by atoms with van der Waals surface area (Å²) in [5.41, 5.74) is 10.9. The fraction of sp³-hybridized carbons (Fsp3) is 0. The van der Waals surface area contributed by atoms with Crippen LogP contribution < -0.4 is 25.6 Å². The number of nitrogens with zero attached hydrogens (tertiary/aromatic N) is 1. The molecule has 2 heteroatoms. The smallest absolute Gasteiger partial charge is 0.180 e. The van der Waals surface area contributed by atoms with Gasteiger partial charge in [-0.05, 0) is 95.1 Å². The molecule has 1 aliphatic rings. The lowest BCUT2D eigenvalue weighted by molar-refractivity contribution is 1.30. The maximum absolute atomic E-state index is 2.87. The summed E-state index contributed by atoms with van der Waals surface area (Å²) >= 11 is 0. The van der Waals surface area contributed by atoms with Gasteiger partial charge in [0.05, 0.1) is 5.69 Å². The summed E-state index contributed by atoms with van der Waals surface area (Å²) in [5.74, 6) is 0. The first-order valence-electron chi connectivity index (χ1n) is 20.1. The molecule has 272 valence electrons. The van der Waals surface area contributed by atoms with Crippen molar-refractivity contribution in [2.45, 2.75) is 0 Å². The second-order valence-corrected chi connectivity index (χ2v) is 19.0. The Morgan fingerprint density at radius 3 is 1.22 bits per heavy atom. The molecule has 1 aliphatic heterocycles. The van der Waals surface area contributed by atoms with Gasteiger partial charge in [-0.25, -0.2) is 0 Å². The molecule has 0 atom stereocenters. The lowest BCUT2D eigenvalue weighted by Gasteiger charge is -2.33. The van der Waals surface area contributed by atoms with Crippen molar-refractivity contribution in [3.63, 3.8) is 0 Å². The van der Waals surface area contributed by atoms with Gasteiger partial charge in [0.2, 0.25) is 0 Å². The molecule has 1 heterocycles. The lowest BCUT2D eigenvalue weighted by Crippen LogP contribution is -2.72. The van der Waals surface area contributed by atoms with Crippen molar-refractivity contribution < 1.29 is 0 Å². The molecule has 0 spiro atoms. The average Bonchev–Trinajstić information content (AvgIpc) is 3.59. The van der Waals surface area contributed by atoms with Crippen molar-refractivity contribution >= 4 is 67.4 Å². The van der Waals surface area contributed by atoms with Gasteiger partial charge >= 0.3 is 0 Å². The quantitative estimate of drug-likeness (QED) is 0.147. The third-order valence-electron chi connectivity index (χ3n) is 12.1. The van der Waals surface area contributed by atoms with Crippen LogP contribution in [0, 0.1) is 0 Å². The van der Waals surface area contributed by atoms with E-state index in [4.69, 9.17) is 0 Å². The second-order valence-electron chi connectivity index (χ2n) is 15.3. The molecule has 0 amide bonds. The number of fused-ring (bicyclic) bond motifs is 5. The highest BCUT2D eigenvalue weighted by molar-refractivity contribution is 7.22. The van der Waals surface area contributed by atoms with Crippen LogP contribution in [0.3, 0.4) is 0 Å². The molecule has 0 bridgehead atoms. The van der Waals surface area contributed by atoms with Crippen molar-refractivity contribution in [3.05, 3.63) is 237 Å². The van der Waals surface area contributed by atoms with Crippen LogP contribution in [0.5, 0.6) is 0 Å². The molecule has 0 unspecified atom stereocenters. The minimum absolute atomic E-state index is 1.12. The Morgan fingerprint density at radius 1 is 0.310 bits per heavy atom. The molecular weight excluding hydrogens is 715 g/mol. The lowest BCUT2D eigenvalue weighted by atomic mass is 9.94. The molecule has 0 aromatic heterocycles. The van der Waals surface area contributed by atoms with E-state index in [0.29, 0.717) is 0 Å². The van der Waals surface area contributed by atoms with Crippen LogP contribution in [0.4, 0.5) is 17.1 Å². The average molecular weight is 754 g/mol. The summed E-state index contributed by atoms with van der Waals surface area (Å²) in [4.78, 5) is 2.53. The SMILES string of the molecule is c1ccc(-c2ccc(N(c3ccc(-c4ccccc4)cc3)c3c4c(cc5ccccc35)[Si](c3ccccc3)(c3ccccc3)c3cc5ccccc5cc3-4)cc2)cc1. The van der Waals surface area contributed by atoms with Crippen LogP contribution in [0.25, 0.3) is 54.9 Å². The van der Waals surface area contributed by atoms with Crippen molar-refractivity contribution in [2.75, 3.05) is 4.90 Å². The van der Waals surface area contributed by atoms with Crippen LogP contribution in [0.2, 0.25) is 0 Å². The van der Waals surface area contributed by atoms with Crippen molar-refractivity contribution in [3.8, 4) is 33.4 Å². The van der Waals surface area contributed by atoms with Crippen molar-refractivity contribution in [1.82, 2.24) is 0 Å². The molecular formula is C56H39NSi. The van der Waals surface area contributed by atoms with Gasteiger partial charge in [0.15, 0.2) is 8.07 Å². The van der Waals surface area contributed by atoms with Crippen molar-refractivity contribution in [1.29, 1.82) is 0 Å². The van der Waals surface area contributed by atoms with Crippen LogP contribution in [-0.4, -0.2) is 8.07 Å². The van der Waals surface area contributed by atoms with E-state index in [1.165, 1.54) is 81.4 Å². The van der Waals surface area contributed by atoms with E-state index in [1.807, 2.05) is 0 Å². The largest absolute Gasteiger partial charge is 0.309 e. The van der Waals surface area contributed by atoms with E-state index in [0.717, 1.165) is 11.4 Å². The molecule has 0 N–H and O–H groups in total. The highest BCUT2D eigenvalue weighted by Crippen LogP contribution is 2.48. The zero-order valence-corrected chi connectivity index (χ0v) is 33.0. The molecule has 11 rings (SSSR count). The van der Waals surface area contributed by atoms with E-state index in [2.05, 4.69) is 241 Å². The first-order valence-corrected chi connectivity index (χ1v) is 22.1. The maximum Gasteiger partial charge on any atom is 0.180 e. The Kier molecular flexibility index (Phi) is 8.23. The molecule has 1 nitrogen and oxygen atoms in total. The fourth-order valence-corrected chi connectivity index (χ4v) is 14.7. The number of hydrogen-bond acceptors (Lipinski definition) is 1. The van der Waals surface area contributed by atoms with Crippen molar-refractivity contribution in [2.24, 2.45) is 0 Å². The Morgan fingerprint density at radius 2 is 0.707 bits per heavy atom. The topological polar surface area (TPSA) is 3.24 Å². The monoisotopic (exact) mass is 753 g/mol. The number of benzene rings is 10. The third-order valence-corrected chi connectivity index (χ3v) is 16.9. The second kappa shape index (κ2) is 14.0. The Balaban J connectivity index is 1.27. The first-order chi connectivity index (χ1) is 28.8. The zero-order chi connectivity index (χ0) is 38.5. The van der Waals surface area contributed by atoms with Gasteiger partial charge < -0.3 is 4.90 Å². The summed E-state index contributed by atoms with van der Waals surface area (Å²) in [5, 5.41) is 10.6. The minimum atomic E-state index is -2.87. The fourth-order valence-electron chi connectivity index (χ4n) is 9.47.